The first-order valence-electron chi connectivity index (χ1n) is 7.65. The lowest BCUT2D eigenvalue weighted by Crippen LogP contribution is -2.20. The number of aliphatic hydroxyl groups excluding tert-OH is 1. The van der Waals surface area contributed by atoms with Crippen LogP contribution in [-0.2, 0) is 0 Å². The molecule has 0 fully saturated rings. The van der Waals surface area contributed by atoms with Crippen LogP contribution in [0.5, 0.6) is 5.75 Å². The van der Waals surface area contributed by atoms with E-state index in [2.05, 4.69) is 9.97 Å². The van der Waals surface area contributed by atoms with E-state index in [1.54, 1.807) is 18.2 Å². The number of aryl methyl sites for hydroxylation is 1. The van der Waals surface area contributed by atoms with Crippen LogP contribution in [0.1, 0.15) is 5.82 Å². The number of halogens is 2. The molecule has 1 N–H and O–H groups in total. The zero-order valence-corrected chi connectivity index (χ0v) is 15.8. The van der Waals surface area contributed by atoms with Crippen LogP contribution in [0.4, 0.5) is 0 Å². The van der Waals surface area contributed by atoms with E-state index in [1.165, 1.54) is 11.8 Å². The van der Waals surface area contributed by atoms with Crippen LogP contribution in [0.15, 0.2) is 47.5 Å². The van der Waals surface area contributed by atoms with Crippen molar-refractivity contribution in [3.05, 3.63) is 58.3 Å². The van der Waals surface area contributed by atoms with Crippen LogP contribution in [-0.4, -0.2) is 33.5 Å². The average Bonchev–Trinajstić information content (AvgIpc) is 2.59. The third-order valence-electron chi connectivity index (χ3n) is 3.43. The molecule has 0 spiro atoms. The summed E-state index contributed by atoms with van der Waals surface area (Å²) < 4.78 is 5.57. The van der Waals surface area contributed by atoms with Crippen LogP contribution in [0.2, 0.25) is 10.0 Å². The maximum atomic E-state index is 10.2. The Morgan fingerprint density at radius 1 is 1.08 bits per heavy atom. The van der Waals surface area contributed by atoms with Crippen molar-refractivity contribution in [1.82, 2.24) is 9.97 Å². The number of para-hydroxylation sites is 2. The van der Waals surface area contributed by atoms with E-state index in [0.29, 0.717) is 27.4 Å². The number of aromatic nitrogens is 2. The van der Waals surface area contributed by atoms with E-state index in [-0.39, 0.29) is 6.61 Å². The summed E-state index contributed by atoms with van der Waals surface area (Å²) in [7, 11) is 0. The summed E-state index contributed by atoms with van der Waals surface area (Å²) in [5.74, 6) is 1.52. The Hall–Kier alpha value is -1.53. The van der Waals surface area contributed by atoms with E-state index in [0.717, 1.165) is 15.9 Å². The number of rotatable bonds is 6. The summed E-state index contributed by atoms with van der Waals surface area (Å²) >= 11 is 13.6. The van der Waals surface area contributed by atoms with Crippen LogP contribution in [0, 0.1) is 6.92 Å². The first-order valence-corrected chi connectivity index (χ1v) is 9.40. The highest BCUT2D eigenvalue weighted by Gasteiger charge is 2.13. The molecule has 3 rings (SSSR count). The molecular formula is C18H16Cl2N2O2S. The lowest BCUT2D eigenvalue weighted by Gasteiger charge is -2.14. The smallest absolute Gasteiger partial charge is 0.156 e. The monoisotopic (exact) mass is 394 g/mol. The molecule has 0 aliphatic heterocycles. The number of nitrogens with zero attached hydrogens (tertiary/aromatic N) is 2. The number of ether oxygens (including phenoxy) is 1. The van der Waals surface area contributed by atoms with Gasteiger partial charge in [0.05, 0.1) is 21.7 Å². The molecule has 0 bridgehead atoms. The summed E-state index contributed by atoms with van der Waals surface area (Å²) in [4.78, 5) is 8.90. The Balaban J connectivity index is 1.64. The highest BCUT2D eigenvalue weighted by molar-refractivity contribution is 7.99. The summed E-state index contributed by atoms with van der Waals surface area (Å²) in [5, 5.41) is 12.9. The van der Waals surface area contributed by atoms with Gasteiger partial charge in [0, 0.05) is 11.1 Å². The molecule has 25 heavy (non-hydrogen) atoms. The predicted molar refractivity (Wildman–Crippen MR) is 103 cm³/mol. The van der Waals surface area contributed by atoms with Crippen LogP contribution in [0.25, 0.3) is 10.9 Å². The van der Waals surface area contributed by atoms with E-state index in [9.17, 15) is 5.11 Å². The lowest BCUT2D eigenvalue weighted by atomic mass is 10.2. The van der Waals surface area contributed by atoms with Gasteiger partial charge in [-0.3, -0.25) is 0 Å². The van der Waals surface area contributed by atoms with Gasteiger partial charge in [0.2, 0.25) is 0 Å². The van der Waals surface area contributed by atoms with E-state index in [1.807, 2.05) is 31.2 Å². The molecule has 0 amide bonds. The highest BCUT2D eigenvalue weighted by Crippen LogP contribution is 2.32. The summed E-state index contributed by atoms with van der Waals surface area (Å²) in [5.41, 5.74) is 0.895. The summed E-state index contributed by atoms with van der Waals surface area (Å²) in [6, 6.07) is 12.9. The van der Waals surface area contributed by atoms with Crippen molar-refractivity contribution >= 4 is 45.9 Å². The summed E-state index contributed by atoms with van der Waals surface area (Å²) in [6.07, 6.45) is -0.689. The van der Waals surface area contributed by atoms with Gasteiger partial charge in [-0.25, -0.2) is 9.97 Å². The van der Waals surface area contributed by atoms with Crippen molar-refractivity contribution in [3.8, 4) is 5.75 Å². The van der Waals surface area contributed by atoms with Gasteiger partial charge in [0.1, 0.15) is 17.5 Å². The molecule has 0 aliphatic carbocycles. The maximum Gasteiger partial charge on any atom is 0.156 e. The largest absolute Gasteiger partial charge is 0.488 e. The molecule has 1 heterocycles. The van der Waals surface area contributed by atoms with Gasteiger partial charge in [0.15, 0.2) is 5.75 Å². The minimum absolute atomic E-state index is 0.0957. The second-order valence-electron chi connectivity index (χ2n) is 5.42. The molecule has 0 aliphatic rings. The van der Waals surface area contributed by atoms with Crippen LogP contribution < -0.4 is 4.74 Å². The first kappa shape index (κ1) is 18.3. The topological polar surface area (TPSA) is 55.2 Å². The number of hydrogen-bond donors (Lipinski definition) is 1. The Morgan fingerprint density at radius 3 is 2.56 bits per heavy atom. The molecule has 1 atom stereocenters. The van der Waals surface area contributed by atoms with Gasteiger partial charge in [-0.1, -0.05) is 47.5 Å². The second kappa shape index (κ2) is 8.23. The minimum atomic E-state index is -0.689. The molecule has 7 heteroatoms. The quantitative estimate of drug-likeness (QED) is 0.481. The fraction of sp³-hybridized carbons (Fsp3) is 0.222. The van der Waals surface area contributed by atoms with Gasteiger partial charge in [-0.15, -0.1) is 11.8 Å². The molecule has 3 aromatic rings. The Kier molecular flexibility index (Phi) is 6.02. The molecule has 2 aromatic carbocycles. The normalized spacial score (nSPS) is 12.3. The number of hydrogen-bond acceptors (Lipinski definition) is 5. The molecule has 0 saturated heterocycles. The first-order chi connectivity index (χ1) is 12.0. The lowest BCUT2D eigenvalue weighted by molar-refractivity contribution is 0.126. The molecule has 1 aromatic heterocycles. The van der Waals surface area contributed by atoms with Gasteiger partial charge < -0.3 is 9.84 Å². The van der Waals surface area contributed by atoms with E-state index < -0.39 is 6.10 Å². The SMILES string of the molecule is Cc1nc(SC[C@@H](O)COc2c(Cl)cccc2Cl)c2ccccc2n1. The zero-order chi connectivity index (χ0) is 17.8. The Bertz CT molecular complexity index is 872. The van der Waals surface area contributed by atoms with Crippen LogP contribution >= 0.6 is 35.0 Å². The van der Waals surface area contributed by atoms with Crippen molar-refractivity contribution in [3.63, 3.8) is 0 Å². The number of benzene rings is 2. The minimum Gasteiger partial charge on any atom is -0.488 e. The van der Waals surface area contributed by atoms with Crippen molar-refractivity contribution in [2.24, 2.45) is 0 Å². The molecular weight excluding hydrogens is 379 g/mol. The molecule has 4 nitrogen and oxygen atoms in total. The number of aliphatic hydroxyl groups is 1. The summed E-state index contributed by atoms with van der Waals surface area (Å²) in [6.45, 7) is 1.95. The Morgan fingerprint density at radius 2 is 1.80 bits per heavy atom. The van der Waals surface area contributed by atoms with Gasteiger partial charge in [-0.05, 0) is 25.1 Å². The second-order valence-corrected chi connectivity index (χ2v) is 7.24. The maximum absolute atomic E-state index is 10.2. The Labute approximate surface area is 160 Å². The number of fused-ring (bicyclic) bond motifs is 1. The van der Waals surface area contributed by atoms with E-state index >= 15 is 0 Å². The third kappa shape index (κ3) is 4.55. The fourth-order valence-electron chi connectivity index (χ4n) is 2.29. The van der Waals surface area contributed by atoms with Crippen LogP contribution in [0.3, 0.4) is 0 Å². The van der Waals surface area contributed by atoms with Crippen molar-refractivity contribution < 1.29 is 9.84 Å². The average molecular weight is 395 g/mol. The predicted octanol–water partition coefficient (Wildman–Crippen LogP) is 4.78. The molecule has 0 radical (unpaired) electrons. The standard InChI is InChI=1S/C18H16Cl2N2O2S/c1-11-21-16-8-3-2-5-13(16)18(22-11)25-10-12(23)9-24-17-14(19)6-4-7-15(17)20/h2-8,12,23H,9-10H2,1H3/t12-/m0/s1. The molecule has 130 valence electrons. The third-order valence-corrected chi connectivity index (χ3v) is 5.16. The van der Waals surface area contributed by atoms with E-state index in [4.69, 9.17) is 27.9 Å². The van der Waals surface area contributed by atoms with Gasteiger partial charge in [-0.2, -0.15) is 0 Å². The molecule has 0 saturated carbocycles. The fourth-order valence-corrected chi connectivity index (χ4v) is 3.77. The van der Waals surface area contributed by atoms with Crippen molar-refractivity contribution in [1.29, 1.82) is 0 Å². The van der Waals surface area contributed by atoms with Gasteiger partial charge >= 0.3 is 0 Å². The van der Waals surface area contributed by atoms with Gasteiger partial charge in [0.25, 0.3) is 0 Å². The zero-order valence-electron chi connectivity index (χ0n) is 13.4. The van der Waals surface area contributed by atoms with Crippen molar-refractivity contribution in [2.45, 2.75) is 18.1 Å². The molecule has 0 unspecified atom stereocenters. The number of thioether (sulfide) groups is 1. The van der Waals surface area contributed by atoms with Crippen molar-refractivity contribution in [2.75, 3.05) is 12.4 Å². The highest BCUT2D eigenvalue weighted by atomic mass is 35.5.